The Morgan fingerprint density at radius 2 is 2.29 bits per heavy atom. The molecule has 1 aromatic carbocycles. The molecule has 1 unspecified atom stereocenters. The number of aliphatic carboxylic acids is 1. The monoisotopic (exact) mass is 233 g/mol. The summed E-state index contributed by atoms with van der Waals surface area (Å²) in [7, 11) is 0. The minimum absolute atomic E-state index is 0.330. The van der Waals surface area contributed by atoms with Gasteiger partial charge in [-0.15, -0.1) is 0 Å². The Hall–Kier alpha value is -1.88. The predicted octanol–water partition coefficient (Wildman–Crippen LogP) is 1.10. The normalized spacial score (nSPS) is 12.8. The summed E-state index contributed by atoms with van der Waals surface area (Å²) in [4.78, 5) is 11.0. The van der Waals surface area contributed by atoms with Crippen molar-refractivity contribution in [3.8, 4) is 0 Å². The predicted molar refractivity (Wildman–Crippen MR) is 64.8 cm³/mol. The Bertz CT molecular complexity index is 521. The molecule has 0 spiro atoms. The highest BCUT2D eigenvalue weighted by molar-refractivity contribution is 5.79. The molecule has 2 N–H and O–H groups in total. The van der Waals surface area contributed by atoms with Crippen molar-refractivity contribution in [3.63, 3.8) is 0 Å². The van der Waals surface area contributed by atoms with Gasteiger partial charge in [-0.05, 0) is 12.6 Å². The maximum absolute atomic E-state index is 11.0. The van der Waals surface area contributed by atoms with E-state index in [1.165, 1.54) is 0 Å². The SMILES string of the molecule is CCNC(Cn1ncc2ccccc21)C(=O)O. The third-order valence-electron chi connectivity index (χ3n) is 2.66. The zero-order valence-corrected chi connectivity index (χ0v) is 9.63. The smallest absolute Gasteiger partial charge is 0.322 e. The molecule has 1 atom stereocenters. The number of fused-ring (bicyclic) bond motifs is 1. The van der Waals surface area contributed by atoms with Crippen LogP contribution in [0.25, 0.3) is 10.9 Å². The topological polar surface area (TPSA) is 67.2 Å². The number of carboxylic acids is 1. The van der Waals surface area contributed by atoms with Gasteiger partial charge >= 0.3 is 5.97 Å². The average Bonchev–Trinajstić information content (AvgIpc) is 2.72. The molecule has 0 aliphatic heterocycles. The van der Waals surface area contributed by atoms with E-state index in [1.807, 2.05) is 31.2 Å². The van der Waals surface area contributed by atoms with Gasteiger partial charge in [0.25, 0.3) is 0 Å². The number of para-hydroxylation sites is 1. The van der Waals surface area contributed by atoms with Crippen LogP contribution in [0.2, 0.25) is 0 Å². The Morgan fingerprint density at radius 1 is 1.53 bits per heavy atom. The second kappa shape index (κ2) is 4.97. The highest BCUT2D eigenvalue weighted by Crippen LogP contribution is 2.12. The van der Waals surface area contributed by atoms with Crippen LogP contribution in [0.3, 0.4) is 0 Å². The fraction of sp³-hybridized carbons (Fsp3) is 0.333. The minimum atomic E-state index is -0.855. The highest BCUT2D eigenvalue weighted by Gasteiger charge is 2.17. The van der Waals surface area contributed by atoms with Crippen LogP contribution in [0.15, 0.2) is 30.5 Å². The van der Waals surface area contributed by atoms with Gasteiger partial charge in [0.1, 0.15) is 6.04 Å². The Balaban J connectivity index is 2.25. The summed E-state index contributed by atoms with van der Waals surface area (Å²) in [6.07, 6.45) is 1.75. The first-order valence-corrected chi connectivity index (χ1v) is 5.59. The quantitative estimate of drug-likeness (QED) is 0.811. The molecule has 0 amide bonds. The average molecular weight is 233 g/mol. The third-order valence-corrected chi connectivity index (χ3v) is 2.66. The number of hydrogen-bond acceptors (Lipinski definition) is 3. The van der Waals surface area contributed by atoms with Crippen LogP contribution in [0.1, 0.15) is 6.92 Å². The molecule has 0 bridgehead atoms. The lowest BCUT2D eigenvalue weighted by molar-refractivity contribution is -0.139. The number of carbonyl (C=O) groups is 1. The first-order valence-electron chi connectivity index (χ1n) is 5.59. The van der Waals surface area contributed by atoms with Crippen molar-refractivity contribution < 1.29 is 9.90 Å². The summed E-state index contributed by atoms with van der Waals surface area (Å²) in [5.74, 6) is -0.855. The molecular weight excluding hydrogens is 218 g/mol. The number of nitrogens with one attached hydrogen (secondary N) is 1. The van der Waals surface area contributed by atoms with Crippen LogP contribution >= 0.6 is 0 Å². The van der Waals surface area contributed by atoms with Gasteiger partial charge in [0.05, 0.1) is 18.3 Å². The van der Waals surface area contributed by atoms with Gasteiger partial charge in [-0.2, -0.15) is 5.10 Å². The molecule has 0 saturated heterocycles. The van der Waals surface area contributed by atoms with Crippen LogP contribution in [-0.4, -0.2) is 33.4 Å². The Kier molecular flexibility index (Phi) is 3.39. The number of likely N-dealkylation sites (N-methyl/N-ethyl adjacent to an activating group) is 1. The van der Waals surface area contributed by atoms with Gasteiger partial charge in [-0.25, -0.2) is 0 Å². The number of aromatic nitrogens is 2. The lowest BCUT2D eigenvalue weighted by Crippen LogP contribution is -2.40. The Morgan fingerprint density at radius 3 is 3.00 bits per heavy atom. The second-order valence-electron chi connectivity index (χ2n) is 3.83. The van der Waals surface area contributed by atoms with Gasteiger partial charge in [-0.3, -0.25) is 9.48 Å². The molecule has 0 saturated carbocycles. The summed E-state index contributed by atoms with van der Waals surface area (Å²) in [5.41, 5.74) is 0.955. The summed E-state index contributed by atoms with van der Waals surface area (Å²) in [5, 5.41) is 17.2. The van der Waals surface area contributed by atoms with E-state index in [4.69, 9.17) is 5.11 Å². The molecule has 90 valence electrons. The molecule has 5 nitrogen and oxygen atoms in total. The van der Waals surface area contributed by atoms with Crippen molar-refractivity contribution in [1.82, 2.24) is 15.1 Å². The molecule has 2 aromatic rings. The standard InChI is InChI=1S/C12H15N3O2/c1-2-13-10(12(16)17)8-15-11-6-4-3-5-9(11)7-14-15/h3-7,10,13H,2,8H2,1H3,(H,16,17). The lowest BCUT2D eigenvalue weighted by atomic mass is 10.2. The molecule has 0 aliphatic carbocycles. The summed E-state index contributed by atoms with van der Waals surface area (Å²) < 4.78 is 1.72. The molecule has 2 rings (SSSR count). The number of benzene rings is 1. The fourth-order valence-corrected chi connectivity index (χ4v) is 1.82. The maximum atomic E-state index is 11.0. The lowest BCUT2D eigenvalue weighted by Gasteiger charge is -2.13. The van der Waals surface area contributed by atoms with Crippen molar-refractivity contribution in [1.29, 1.82) is 0 Å². The highest BCUT2D eigenvalue weighted by atomic mass is 16.4. The number of rotatable bonds is 5. The number of nitrogens with zero attached hydrogens (tertiary/aromatic N) is 2. The fourth-order valence-electron chi connectivity index (χ4n) is 1.82. The third kappa shape index (κ3) is 2.45. The van der Waals surface area contributed by atoms with Crippen molar-refractivity contribution in [2.45, 2.75) is 19.5 Å². The maximum Gasteiger partial charge on any atom is 0.322 e. The van der Waals surface area contributed by atoms with E-state index in [2.05, 4.69) is 10.4 Å². The van der Waals surface area contributed by atoms with Crippen molar-refractivity contribution in [3.05, 3.63) is 30.5 Å². The molecule has 5 heteroatoms. The van der Waals surface area contributed by atoms with Crippen LogP contribution in [0.5, 0.6) is 0 Å². The van der Waals surface area contributed by atoms with Crippen molar-refractivity contribution in [2.24, 2.45) is 0 Å². The van der Waals surface area contributed by atoms with Gasteiger partial charge in [0.15, 0.2) is 0 Å². The number of carboxylic acid groups (broad SMARTS) is 1. The molecule has 0 radical (unpaired) electrons. The molecule has 17 heavy (non-hydrogen) atoms. The summed E-state index contributed by atoms with van der Waals surface area (Å²) >= 11 is 0. The van der Waals surface area contributed by atoms with Gasteiger partial charge in [-0.1, -0.05) is 25.1 Å². The first kappa shape index (κ1) is 11.6. The van der Waals surface area contributed by atoms with E-state index in [-0.39, 0.29) is 0 Å². The molecular formula is C12H15N3O2. The van der Waals surface area contributed by atoms with E-state index in [9.17, 15) is 4.79 Å². The van der Waals surface area contributed by atoms with Gasteiger partial charge < -0.3 is 10.4 Å². The van der Waals surface area contributed by atoms with Crippen LogP contribution in [-0.2, 0) is 11.3 Å². The van der Waals surface area contributed by atoms with E-state index < -0.39 is 12.0 Å². The molecule has 0 aliphatic rings. The van der Waals surface area contributed by atoms with E-state index in [0.717, 1.165) is 10.9 Å². The van der Waals surface area contributed by atoms with Crippen molar-refractivity contribution >= 4 is 16.9 Å². The summed E-state index contributed by atoms with van der Waals surface area (Å²) in [6, 6.07) is 7.15. The minimum Gasteiger partial charge on any atom is -0.480 e. The van der Waals surface area contributed by atoms with Crippen LogP contribution < -0.4 is 5.32 Å². The zero-order chi connectivity index (χ0) is 12.3. The number of hydrogen-bond donors (Lipinski definition) is 2. The van der Waals surface area contributed by atoms with Crippen molar-refractivity contribution in [2.75, 3.05) is 6.54 Å². The van der Waals surface area contributed by atoms with E-state index in [0.29, 0.717) is 13.1 Å². The largest absolute Gasteiger partial charge is 0.480 e. The first-order chi connectivity index (χ1) is 8.22. The molecule has 1 aromatic heterocycles. The Labute approximate surface area is 99.1 Å². The van der Waals surface area contributed by atoms with Gasteiger partial charge in [0, 0.05) is 5.39 Å². The van der Waals surface area contributed by atoms with Gasteiger partial charge in [0.2, 0.25) is 0 Å². The molecule has 0 fully saturated rings. The van der Waals surface area contributed by atoms with E-state index in [1.54, 1.807) is 10.9 Å². The van der Waals surface area contributed by atoms with Crippen LogP contribution in [0, 0.1) is 0 Å². The van der Waals surface area contributed by atoms with E-state index >= 15 is 0 Å². The second-order valence-corrected chi connectivity index (χ2v) is 3.83. The summed E-state index contributed by atoms with van der Waals surface area (Å²) in [6.45, 7) is 2.84. The zero-order valence-electron chi connectivity index (χ0n) is 9.63. The molecule has 1 heterocycles. The van der Waals surface area contributed by atoms with Crippen LogP contribution in [0.4, 0.5) is 0 Å².